The Labute approximate surface area is 93.5 Å². The lowest BCUT2D eigenvalue weighted by molar-refractivity contribution is -0.154. The second-order valence-electron chi connectivity index (χ2n) is 6.57. The van der Waals surface area contributed by atoms with E-state index in [0.29, 0.717) is 10.8 Å². The predicted octanol–water partition coefficient (Wildman–Crippen LogP) is 2.93. The summed E-state index contributed by atoms with van der Waals surface area (Å²) in [4.78, 5) is 2.67. The minimum atomic E-state index is 0.521. The van der Waals surface area contributed by atoms with Gasteiger partial charge in [-0.1, -0.05) is 39.8 Å². The van der Waals surface area contributed by atoms with Gasteiger partial charge in [-0.3, -0.25) is 4.90 Å². The number of hydrogen-bond donors (Lipinski definition) is 0. The van der Waals surface area contributed by atoms with Crippen molar-refractivity contribution >= 4 is 0 Å². The van der Waals surface area contributed by atoms with Gasteiger partial charge in [-0.2, -0.15) is 0 Å². The summed E-state index contributed by atoms with van der Waals surface area (Å²) < 4.78 is 0. The first kappa shape index (κ1) is 9.89. The summed E-state index contributed by atoms with van der Waals surface area (Å²) >= 11 is 0. The van der Waals surface area contributed by atoms with Crippen molar-refractivity contribution in [3.05, 3.63) is 12.2 Å². The molecular formula is C14H23N. The van der Waals surface area contributed by atoms with Crippen molar-refractivity contribution in [2.24, 2.45) is 22.7 Å². The number of nitrogens with zero attached hydrogens (tertiary/aromatic N) is 1. The third-order valence-corrected chi connectivity index (χ3v) is 5.78. The lowest BCUT2D eigenvalue weighted by Gasteiger charge is -2.69. The molecule has 0 bridgehead atoms. The Bertz CT molecular complexity index is 317. The fourth-order valence-electron chi connectivity index (χ4n) is 3.88. The zero-order chi connectivity index (χ0) is 10.8. The molecule has 0 aromatic carbocycles. The van der Waals surface area contributed by atoms with Crippen LogP contribution in [0, 0.1) is 22.7 Å². The quantitative estimate of drug-likeness (QED) is 0.506. The highest BCUT2D eigenvalue weighted by Crippen LogP contribution is 2.69. The van der Waals surface area contributed by atoms with Gasteiger partial charge in [0.1, 0.15) is 0 Å². The largest absolute Gasteiger partial charge is 0.297 e. The van der Waals surface area contributed by atoms with Gasteiger partial charge in [0.25, 0.3) is 0 Å². The van der Waals surface area contributed by atoms with Crippen LogP contribution in [0.4, 0.5) is 0 Å². The molecule has 0 amide bonds. The summed E-state index contributed by atoms with van der Waals surface area (Å²) in [6, 6.07) is 0.903. The summed E-state index contributed by atoms with van der Waals surface area (Å²) in [7, 11) is 0. The lowest BCUT2D eigenvalue weighted by atomic mass is 9.36. The van der Waals surface area contributed by atoms with Gasteiger partial charge < -0.3 is 0 Å². The highest BCUT2D eigenvalue weighted by Gasteiger charge is 2.66. The fourth-order valence-corrected chi connectivity index (χ4v) is 3.88. The number of hydrogen-bond acceptors (Lipinski definition) is 1. The molecule has 0 radical (unpaired) electrons. The van der Waals surface area contributed by atoms with E-state index in [1.54, 1.807) is 0 Å². The molecule has 84 valence electrons. The molecule has 0 spiro atoms. The van der Waals surface area contributed by atoms with Crippen LogP contribution in [0.5, 0.6) is 0 Å². The summed E-state index contributed by atoms with van der Waals surface area (Å²) in [6.07, 6.45) is 6.20. The molecule has 2 aliphatic carbocycles. The van der Waals surface area contributed by atoms with Gasteiger partial charge in [-0.25, -0.2) is 0 Å². The molecule has 1 heterocycles. The number of fused-ring (bicyclic) bond motifs is 1. The maximum Gasteiger partial charge on any atom is 0.0221 e. The lowest BCUT2D eigenvalue weighted by Crippen LogP contribution is -2.65. The Morgan fingerprint density at radius 3 is 2.27 bits per heavy atom. The van der Waals surface area contributed by atoms with E-state index in [1.807, 2.05) is 0 Å². The highest BCUT2D eigenvalue weighted by atomic mass is 15.3. The maximum absolute atomic E-state index is 2.67. The van der Waals surface area contributed by atoms with Crippen molar-refractivity contribution in [3.63, 3.8) is 0 Å². The smallest absolute Gasteiger partial charge is 0.0221 e. The van der Waals surface area contributed by atoms with E-state index in [4.69, 9.17) is 0 Å². The summed E-state index contributed by atoms with van der Waals surface area (Å²) in [6.45, 7) is 12.4. The summed E-state index contributed by atoms with van der Waals surface area (Å²) in [5.41, 5.74) is 1.06. The van der Waals surface area contributed by atoms with Crippen molar-refractivity contribution in [2.45, 2.75) is 40.2 Å². The average Bonchev–Trinajstić information content (AvgIpc) is 2.79. The molecule has 1 nitrogen and oxygen atoms in total. The van der Waals surface area contributed by atoms with Crippen LogP contribution in [-0.2, 0) is 0 Å². The molecule has 5 atom stereocenters. The van der Waals surface area contributed by atoms with Crippen molar-refractivity contribution in [1.29, 1.82) is 0 Å². The van der Waals surface area contributed by atoms with Gasteiger partial charge in [0.05, 0.1) is 0 Å². The van der Waals surface area contributed by atoms with E-state index in [-0.39, 0.29) is 0 Å². The molecule has 1 heteroatoms. The van der Waals surface area contributed by atoms with E-state index in [2.05, 4.69) is 44.7 Å². The molecule has 1 aliphatic heterocycles. The van der Waals surface area contributed by atoms with Crippen LogP contribution in [0.25, 0.3) is 0 Å². The molecule has 15 heavy (non-hydrogen) atoms. The van der Waals surface area contributed by atoms with E-state index in [1.165, 1.54) is 19.5 Å². The van der Waals surface area contributed by atoms with Crippen LogP contribution in [0.2, 0.25) is 0 Å². The molecule has 0 aromatic heterocycles. The Kier molecular flexibility index (Phi) is 1.77. The molecule has 0 aromatic rings. The minimum Gasteiger partial charge on any atom is -0.297 e. The molecule has 1 saturated carbocycles. The van der Waals surface area contributed by atoms with Crippen LogP contribution < -0.4 is 0 Å². The molecule has 3 rings (SSSR count). The van der Waals surface area contributed by atoms with Crippen molar-refractivity contribution in [3.8, 4) is 0 Å². The normalized spacial score (nSPS) is 54.1. The van der Waals surface area contributed by atoms with Crippen LogP contribution in [0.15, 0.2) is 12.2 Å². The zero-order valence-electron chi connectivity index (χ0n) is 10.5. The molecular weight excluding hydrogens is 182 g/mol. The topological polar surface area (TPSA) is 3.01 Å². The van der Waals surface area contributed by atoms with Gasteiger partial charge in [0, 0.05) is 19.1 Å². The average molecular weight is 205 g/mol. The van der Waals surface area contributed by atoms with Gasteiger partial charge >= 0.3 is 0 Å². The predicted molar refractivity (Wildman–Crippen MR) is 63.7 cm³/mol. The monoisotopic (exact) mass is 205 g/mol. The van der Waals surface area contributed by atoms with Gasteiger partial charge in [-0.05, 0) is 29.1 Å². The second kappa shape index (κ2) is 2.68. The Hall–Kier alpha value is -0.300. The Balaban J connectivity index is 1.72. The van der Waals surface area contributed by atoms with E-state index < -0.39 is 0 Å². The Morgan fingerprint density at radius 1 is 1.20 bits per heavy atom. The SMILES string of the molecule is CCC1CN1CC1(C)C2C=CC2C1(C)C. The maximum atomic E-state index is 2.67. The minimum absolute atomic E-state index is 0.521. The van der Waals surface area contributed by atoms with E-state index >= 15 is 0 Å². The molecule has 1 saturated heterocycles. The van der Waals surface area contributed by atoms with Crippen LogP contribution in [-0.4, -0.2) is 24.0 Å². The second-order valence-corrected chi connectivity index (χ2v) is 6.57. The standard InChI is InChI=1S/C14H23N/c1-5-10-8-15(10)9-14(4)12-7-6-11(12)13(14,2)3/h6-7,10-12H,5,8-9H2,1-4H3. The van der Waals surface area contributed by atoms with Gasteiger partial charge in [0.15, 0.2) is 0 Å². The first-order chi connectivity index (χ1) is 7.00. The molecule has 3 aliphatic rings. The summed E-state index contributed by atoms with van der Waals surface area (Å²) in [5, 5.41) is 0. The van der Waals surface area contributed by atoms with E-state index in [9.17, 15) is 0 Å². The van der Waals surface area contributed by atoms with Crippen LogP contribution in [0.3, 0.4) is 0 Å². The molecule has 0 N–H and O–H groups in total. The van der Waals surface area contributed by atoms with Crippen molar-refractivity contribution in [1.82, 2.24) is 4.90 Å². The van der Waals surface area contributed by atoms with Crippen molar-refractivity contribution in [2.75, 3.05) is 13.1 Å². The van der Waals surface area contributed by atoms with E-state index in [0.717, 1.165) is 17.9 Å². The highest BCUT2D eigenvalue weighted by molar-refractivity contribution is 5.30. The molecule has 2 fully saturated rings. The fraction of sp³-hybridized carbons (Fsp3) is 0.857. The van der Waals surface area contributed by atoms with Crippen molar-refractivity contribution < 1.29 is 0 Å². The van der Waals surface area contributed by atoms with Crippen LogP contribution >= 0.6 is 0 Å². The van der Waals surface area contributed by atoms with Gasteiger partial charge in [-0.15, -0.1) is 0 Å². The first-order valence-corrected chi connectivity index (χ1v) is 6.43. The van der Waals surface area contributed by atoms with Crippen LogP contribution in [0.1, 0.15) is 34.1 Å². The Morgan fingerprint density at radius 2 is 1.87 bits per heavy atom. The first-order valence-electron chi connectivity index (χ1n) is 6.43. The number of allylic oxidation sites excluding steroid dienone is 2. The zero-order valence-corrected chi connectivity index (χ0v) is 10.5. The third-order valence-electron chi connectivity index (χ3n) is 5.78. The van der Waals surface area contributed by atoms with Gasteiger partial charge in [0.2, 0.25) is 0 Å². The summed E-state index contributed by atoms with van der Waals surface area (Å²) in [5.74, 6) is 1.76. The molecule has 5 unspecified atom stereocenters. The third kappa shape index (κ3) is 1.03. The number of rotatable bonds is 3.